The van der Waals surface area contributed by atoms with Gasteiger partial charge in [0.1, 0.15) is 6.26 Å². The van der Waals surface area contributed by atoms with Gasteiger partial charge in [0.2, 0.25) is 0 Å². The highest BCUT2D eigenvalue weighted by Gasteiger charge is 2.43. The number of benzene rings is 2. The van der Waals surface area contributed by atoms with Crippen molar-refractivity contribution in [1.82, 2.24) is 14.4 Å². The molecule has 1 aromatic heterocycles. The largest absolute Gasteiger partial charge is 0.513 e. The van der Waals surface area contributed by atoms with Crippen LogP contribution < -0.4 is 0 Å². The standard InChI is InChI=1S/C28H30ClN3O3/c29-21-8-9-22-23(17-32(25(22)16-21)27(34)31-12-4-1-5-13-31)26(18-33)30-14-10-28(11-15-30)24-7-3-2-6-20(24)19-35-28/h2-3,6-9,16-18,33H,1,4-5,10-15,19H2/b26-18+. The Balaban J connectivity index is 1.31. The molecule has 7 heteroatoms. The minimum atomic E-state index is -0.251. The predicted molar refractivity (Wildman–Crippen MR) is 137 cm³/mol. The zero-order valence-corrected chi connectivity index (χ0v) is 20.5. The van der Waals surface area contributed by atoms with E-state index in [1.165, 1.54) is 17.4 Å². The molecule has 3 aliphatic heterocycles. The highest BCUT2D eigenvalue weighted by atomic mass is 35.5. The maximum Gasteiger partial charge on any atom is 0.328 e. The van der Waals surface area contributed by atoms with Gasteiger partial charge in [-0.3, -0.25) is 4.57 Å². The summed E-state index contributed by atoms with van der Waals surface area (Å²) < 4.78 is 8.03. The quantitative estimate of drug-likeness (QED) is 0.438. The van der Waals surface area contributed by atoms with Crippen LogP contribution in [0.25, 0.3) is 16.6 Å². The van der Waals surface area contributed by atoms with Crippen LogP contribution in [0.2, 0.25) is 5.02 Å². The predicted octanol–water partition coefficient (Wildman–Crippen LogP) is 6.13. The van der Waals surface area contributed by atoms with E-state index in [4.69, 9.17) is 16.3 Å². The number of aromatic nitrogens is 1. The Morgan fingerprint density at radius 2 is 1.77 bits per heavy atom. The van der Waals surface area contributed by atoms with Crippen LogP contribution >= 0.6 is 11.6 Å². The number of fused-ring (bicyclic) bond motifs is 3. The topological polar surface area (TPSA) is 57.9 Å². The third kappa shape index (κ3) is 3.80. The summed E-state index contributed by atoms with van der Waals surface area (Å²) in [4.78, 5) is 17.6. The van der Waals surface area contributed by atoms with Gasteiger partial charge in [-0.05, 0) is 55.4 Å². The van der Waals surface area contributed by atoms with E-state index in [1.54, 1.807) is 4.57 Å². The summed E-state index contributed by atoms with van der Waals surface area (Å²) in [6.07, 6.45) is 7.96. The molecule has 1 amide bonds. The van der Waals surface area contributed by atoms with Crippen LogP contribution in [0.3, 0.4) is 0 Å². The number of likely N-dealkylation sites (tertiary alicyclic amines) is 2. The second kappa shape index (κ2) is 8.92. The Bertz CT molecular complexity index is 1300. The Kier molecular flexibility index (Phi) is 5.73. The van der Waals surface area contributed by atoms with Gasteiger partial charge in [-0.1, -0.05) is 41.9 Å². The van der Waals surface area contributed by atoms with E-state index in [2.05, 4.69) is 29.2 Å². The fourth-order valence-electron chi connectivity index (χ4n) is 6.03. The normalized spacial score (nSPS) is 20.0. The van der Waals surface area contributed by atoms with Crippen molar-refractivity contribution in [1.29, 1.82) is 0 Å². The van der Waals surface area contributed by atoms with Gasteiger partial charge < -0.3 is 19.6 Å². The Labute approximate surface area is 210 Å². The first-order valence-electron chi connectivity index (χ1n) is 12.5. The number of rotatable bonds is 2. The zero-order chi connectivity index (χ0) is 24.0. The molecular formula is C28H30ClN3O3. The third-order valence-corrected chi connectivity index (χ3v) is 8.16. The third-order valence-electron chi connectivity index (χ3n) is 7.92. The van der Waals surface area contributed by atoms with E-state index in [0.717, 1.165) is 80.4 Å². The van der Waals surface area contributed by atoms with Crippen LogP contribution in [0.4, 0.5) is 4.79 Å². The summed E-state index contributed by atoms with van der Waals surface area (Å²) in [5, 5.41) is 11.9. The van der Waals surface area contributed by atoms with Crippen LogP contribution in [0.5, 0.6) is 0 Å². The highest BCUT2D eigenvalue weighted by Crippen LogP contribution is 2.45. The summed E-state index contributed by atoms with van der Waals surface area (Å²) >= 11 is 6.34. The van der Waals surface area contributed by atoms with E-state index in [1.807, 2.05) is 29.3 Å². The first-order valence-corrected chi connectivity index (χ1v) is 12.9. The second-order valence-electron chi connectivity index (χ2n) is 9.85. The lowest BCUT2D eigenvalue weighted by Crippen LogP contribution is -2.41. The molecule has 3 aromatic rings. The Hall–Kier alpha value is -2.96. The lowest BCUT2D eigenvalue weighted by molar-refractivity contribution is -0.0717. The van der Waals surface area contributed by atoms with Gasteiger partial charge in [0.25, 0.3) is 0 Å². The summed E-state index contributed by atoms with van der Waals surface area (Å²) in [5.41, 5.74) is 4.66. The lowest BCUT2D eigenvalue weighted by Gasteiger charge is -2.41. The van der Waals surface area contributed by atoms with Gasteiger partial charge in [0.05, 0.1) is 23.4 Å². The molecule has 182 valence electrons. The molecule has 1 N–H and O–H groups in total. The van der Waals surface area contributed by atoms with E-state index >= 15 is 0 Å². The molecule has 0 atom stereocenters. The van der Waals surface area contributed by atoms with Crippen LogP contribution in [0, 0.1) is 0 Å². The van der Waals surface area contributed by atoms with Crippen molar-refractivity contribution >= 4 is 34.2 Å². The van der Waals surface area contributed by atoms with Crippen LogP contribution in [-0.2, 0) is 16.9 Å². The number of carbonyl (C=O) groups excluding carboxylic acids is 1. The molecule has 0 aliphatic carbocycles. The molecule has 0 unspecified atom stereocenters. The smallest absolute Gasteiger partial charge is 0.328 e. The number of aliphatic hydroxyl groups excluding tert-OH is 1. The number of nitrogens with zero attached hydrogens (tertiary/aromatic N) is 3. The molecule has 2 fully saturated rings. The number of piperidine rings is 2. The Morgan fingerprint density at radius 1 is 1.00 bits per heavy atom. The molecule has 3 aliphatic rings. The lowest BCUT2D eigenvalue weighted by atomic mass is 9.83. The van der Waals surface area contributed by atoms with Crippen molar-refractivity contribution < 1.29 is 14.6 Å². The molecule has 0 saturated carbocycles. The SMILES string of the molecule is O=C(N1CCCCC1)n1cc(/C(=C\O)N2CCC3(CC2)OCc2ccccc23)c2ccc(Cl)cc21. The highest BCUT2D eigenvalue weighted by molar-refractivity contribution is 6.31. The number of halogens is 1. The number of hydrogen-bond donors (Lipinski definition) is 1. The minimum Gasteiger partial charge on any atom is -0.513 e. The average molecular weight is 492 g/mol. The van der Waals surface area contributed by atoms with Gasteiger partial charge in [-0.2, -0.15) is 0 Å². The van der Waals surface area contributed by atoms with Gasteiger partial charge in [-0.25, -0.2) is 4.79 Å². The van der Waals surface area contributed by atoms with Gasteiger partial charge in [0.15, 0.2) is 0 Å². The minimum absolute atomic E-state index is 0.0333. The van der Waals surface area contributed by atoms with Crippen molar-refractivity contribution in [3.63, 3.8) is 0 Å². The van der Waals surface area contributed by atoms with Gasteiger partial charge in [-0.15, -0.1) is 0 Å². The van der Waals surface area contributed by atoms with Crippen molar-refractivity contribution in [2.75, 3.05) is 26.2 Å². The molecule has 1 spiro atoms. The molecule has 0 bridgehead atoms. The number of carbonyl (C=O) groups is 1. The average Bonchev–Trinajstić information content (AvgIpc) is 3.45. The maximum atomic E-state index is 13.4. The van der Waals surface area contributed by atoms with Crippen molar-refractivity contribution in [3.05, 3.63) is 76.6 Å². The van der Waals surface area contributed by atoms with Crippen molar-refractivity contribution in [2.24, 2.45) is 0 Å². The summed E-state index contributed by atoms with van der Waals surface area (Å²) in [6.45, 7) is 3.70. The number of aliphatic hydroxyl groups is 1. The molecule has 2 saturated heterocycles. The van der Waals surface area contributed by atoms with E-state index < -0.39 is 0 Å². The molecule has 35 heavy (non-hydrogen) atoms. The molecule has 4 heterocycles. The number of amides is 1. The Morgan fingerprint density at radius 3 is 2.54 bits per heavy atom. The molecule has 6 nitrogen and oxygen atoms in total. The van der Waals surface area contributed by atoms with Gasteiger partial charge >= 0.3 is 6.03 Å². The second-order valence-corrected chi connectivity index (χ2v) is 10.3. The number of ether oxygens (including phenoxy) is 1. The summed E-state index contributed by atoms with van der Waals surface area (Å²) in [7, 11) is 0. The van der Waals surface area contributed by atoms with Crippen molar-refractivity contribution in [3.8, 4) is 0 Å². The molecular weight excluding hydrogens is 462 g/mol. The van der Waals surface area contributed by atoms with Crippen LogP contribution in [0.15, 0.2) is 54.9 Å². The fraction of sp³-hybridized carbons (Fsp3) is 0.393. The van der Waals surface area contributed by atoms with Crippen LogP contribution in [-0.4, -0.2) is 51.7 Å². The molecule has 2 aromatic carbocycles. The van der Waals surface area contributed by atoms with E-state index in [9.17, 15) is 9.90 Å². The van der Waals surface area contributed by atoms with Crippen molar-refractivity contribution in [2.45, 2.75) is 44.3 Å². The first-order chi connectivity index (χ1) is 17.1. The first kappa shape index (κ1) is 22.5. The summed E-state index contributed by atoms with van der Waals surface area (Å²) in [5.74, 6) is 0. The molecule has 6 rings (SSSR count). The zero-order valence-electron chi connectivity index (χ0n) is 19.8. The molecule has 0 radical (unpaired) electrons. The van der Waals surface area contributed by atoms with E-state index in [0.29, 0.717) is 11.6 Å². The maximum absolute atomic E-state index is 13.4. The fourth-order valence-corrected chi connectivity index (χ4v) is 6.19. The van der Waals surface area contributed by atoms with Crippen LogP contribution in [0.1, 0.15) is 48.8 Å². The summed E-state index contributed by atoms with van der Waals surface area (Å²) in [6, 6.07) is 14.1. The van der Waals surface area contributed by atoms with Gasteiger partial charge in [0, 0.05) is 48.3 Å². The van der Waals surface area contributed by atoms with E-state index in [-0.39, 0.29) is 11.6 Å². The monoisotopic (exact) mass is 491 g/mol. The number of hydrogen-bond acceptors (Lipinski definition) is 4.